The van der Waals surface area contributed by atoms with Gasteiger partial charge < -0.3 is 14.3 Å². The Morgan fingerprint density at radius 1 is 0.829 bits per heavy atom. The van der Waals surface area contributed by atoms with E-state index in [9.17, 15) is 4.79 Å². The molecular formula is C28H23N3O4. The number of carboxylic acid groups (broad SMARTS) is 1. The number of nitrogens with zero attached hydrogens (tertiary/aromatic N) is 3. The Morgan fingerprint density at radius 2 is 1.51 bits per heavy atom. The monoisotopic (exact) mass is 465 g/mol. The zero-order valence-electron chi connectivity index (χ0n) is 18.0. The van der Waals surface area contributed by atoms with Gasteiger partial charge in [0, 0.05) is 18.0 Å². The smallest absolute Gasteiger partial charge is 0.341 e. The molecule has 0 fully saturated rings. The van der Waals surface area contributed by atoms with Crippen LogP contribution in [0.4, 0.5) is 0 Å². The molecule has 0 aliphatic heterocycles. The fraction of sp³-hybridized carbons (Fsp3) is 0.0714. The molecule has 0 saturated heterocycles. The number of pyridine rings is 2. The van der Waals surface area contributed by atoms with Crippen molar-refractivity contribution in [1.29, 1.82) is 0 Å². The van der Waals surface area contributed by atoms with Crippen LogP contribution < -0.4 is 4.74 Å². The molecule has 3 aromatic heterocycles. The van der Waals surface area contributed by atoms with Gasteiger partial charge in [-0.1, -0.05) is 49.9 Å². The van der Waals surface area contributed by atoms with Crippen molar-refractivity contribution < 1.29 is 19.1 Å². The van der Waals surface area contributed by atoms with Gasteiger partial charge in [-0.3, -0.25) is 9.97 Å². The van der Waals surface area contributed by atoms with Gasteiger partial charge in [0.2, 0.25) is 5.89 Å². The number of carboxylic acids is 1. The quantitative estimate of drug-likeness (QED) is 0.304. The summed E-state index contributed by atoms with van der Waals surface area (Å²) in [5.41, 5.74) is 4.42. The van der Waals surface area contributed by atoms with E-state index in [1.165, 1.54) is 0 Å². The molecule has 35 heavy (non-hydrogen) atoms. The minimum Gasteiger partial charge on any atom is -0.482 e. The first-order valence-electron chi connectivity index (χ1n) is 10.6. The fourth-order valence-electron chi connectivity index (χ4n) is 3.60. The van der Waals surface area contributed by atoms with Crippen molar-refractivity contribution in [1.82, 2.24) is 15.0 Å². The Kier molecular flexibility index (Phi) is 6.97. The molecule has 7 heteroatoms. The number of rotatable bonds is 7. The summed E-state index contributed by atoms with van der Waals surface area (Å²) < 4.78 is 11.6. The average molecular weight is 466 g/mol. The van der Waals surface area contributed by atoms with E-state index in [1.807, 2.05) is 72.8 Å². The lowest BCUT2D eigenvalue weighted by atomic mass is 9.99. The van der Waals surface area contributed by atoms with Gasteiger partial charge in [-0.25, -0.2) is 9.78 Å². The van der Waals surface area contributed by atoms with Crippen LogP contribution in [0.2, 0.25) is 0 Å². The van der Waals surface area contributed by atoms with Crippen LogP contribution in [-0.2, 0) is 4.79 Å². The number of ether oxygens (including phenoxy) is 1. The maximum Gasteiger partial charge on any atom is 0.341 e. The van der Waals surface area contributed by atoms with Crippen LogP contribution in [0, 0.1) is 0 Å². The van der Waals surface area contributed by atoms with Gasteiger partial charge in [-0.15, -0.1) is 0 Å². The van der Waals surface area contributed by atoms with E-state index in [0.29, 0.717) is 34.5 Å². The Bertz CT molecular complexity index is 1380. The molecular weight excluding hydrogens is 442 g/mol. The van der Waals surface area contributed by atoms with Crippen molar-refractivity contribution >= 4 is 5.97 Å². The second kappa shape index (κ2) is 10.4. The molecule has 0 aliphatic rings. The number of hydrogen-bond acceptors (Lipinski definition) is 6. The van der Waals surface area contributed by atoms with Crippen LogP contribution in [0.5, 0.6) is 5.75 Å². The Hall–Kier alpha value is -4.78. The van der Waals surface area contributed by atoms with Crippen LogP contribution >= 0.6 is 0 Å². The third-order valence-electron chi connectivity index (χ3n) is 5.10. The van der Waals surface area contributed by atoms with Crippen LogP contribution in [0.15, 0.2) is 102 Å². The van der Waals surface area contributed by atoms with E-state index in [-0.39, 0.29) is 7.43 Å². The lowest BCUT2D eigenvalue weighted by Crippen LogP contribution is -2.09. The third kappa shape index (κ3) is 5.09. The van der Waals surface area contributed by atoms with Crippen LogP contribution in [0.1, 0.15) is 7.43 Å². The molecule has 3 heterocycles. The number of hydrogen-bond donors (Lipinski definition) is 1. The number of aliphatic carboxylic acids is 1. The van der Waals surface area contributed by atoms with Crippen molar-refractivity contribution in [3.63, 3.8) is 0 Å². The summed E-state index contributed by atoms with van der Waals surface area (Å²) in [4.78, 5) is 24.6. The van der Waals surface area contributed by atoms with Gasteiger partial charge in [-0.05, 0) is 53.6 Å². The molecule has 0 unspecified atom stereocenters. The Morgan fingerprint density at radius 3 is 2.20 bits per heavy atom. The summed E-state index contributed by atoms with van der Waals surface area (Å²) >= 11 is 0. The predicted octanol–water partition coefficient (Wildman–Crippen LogP) is 6.23. The summed E-state index contributed by atoms with van der Waals surface area (Å²) in [5, 5.41) is 8.91. The van der Waals surface area contributed by atoms with Crippen LogP contribution in [-0.4, -0.2) is 32.6 Å². The van der Waals surface area contributed by atoms with E-state index < -0.39 is 12.6 Å². The van der Waals surface area contributed by atoms with E-state index in [2.05, 4.69) is 9.97 Å². The van der Waals surface area contributed by atoms with Gasteiger partial charge in [0.25, 0.3) is 0 Å². The highest BCUT2D eigenvalue weighted by Gasteiger charge is 2.21. The van der Waals surface area contributed by atoms with Crippen molar-refractivity contribution in [2.24, 2.45) is 0 Å². The first kappa shape index (κ1) is 23.4. The number of carbonyl (C=O) groups is 1. The lowest BCUT2D eigenvalue weighted by molar-refractivity contribution is -0.139. The molecule has 1 N–H and O–H groups in total. The lowest BCUT2D eigenvalue weighted by Gasteiger charge is -2.09. The number of oxazole rings is 1. The summed E-state index contributed by atoms with van der Waals surface area (Å²) in [5.74, 6) is 0.386. The molecule has 7 nitrogen and oxygen atoms in total. The van der Waals surface area contributed by atoms with Crippen LogP contribution in [0.3, 0.4) is 0 Å². The third-order valence-corrected chi connectivity index (χ3v) is 5.10. The highest BCUT2D eigenvalue weighted by molar-refractivity contribution is 5.83. The minimum absolute atomic E-state index is 0. The topological polar surface area (TPSA) is 98.3 Å². The van der Waals surface area contributed by atoms with Crippen LogP contribution in [0.25, 0.3) is 45.4 Å². The van der Waals surface area contributed by atoms with E-state index in [0.717, 1.165) is 16.7 Å². The molecule has 0 radical (unpaired) electrons. The number of aromatic nitrogens is 3. The molecule has 0 amide bonds. The first-order valence-corrected chi connectivity index (χ1v) is 10.6. The molecule has 0 atom stereocenters. The molecule has 0 spiro atoms. The average Bonchev–Trinajstić information content (AvgIpc) is 3.34. The molecule has 5 rings (SSSR count). The number of benzene rings is 2. The first-order chi connectivity index (χ1) is 16.7. The fourth-order valence-corrected chi connectivity index (χ4v) is 3.60. The van der Waals surface area contributed by atoms with Gasteiger partial charge in [0.15, 0.2) is 12.4 Å². The van der Waals surface area contributed by atoms with E-state index in [4.69, 9.17) is 19.2 Å². The van der Waals surface area contributed by atoms with Crippen molar-refractivity contribution in [3.8, 4) is 51.2 Å². The summed E-state index contributed by atoms with van der Waals surface area (Å²) in [6.07, 6.45) is 3.42. The van der Waals surface area contributed by atoms with Gasteiger partial charge in [-0.2, -0.15) is 0 Å². The largest absolute Gasteiger partial charge is 0.482 e. The second-order valence-electron chi connectivity index (χ2n) is 7.38. The highest BCUT2D eigenvalue weighted by Crippen LogP contribution is 2.38. The maximum absolute atomic E-state index is 10.9. The molecule has 0 saturated carbocycles. The maximum atomic E-state index is 10.9. The van der Waals surface area contributed by atoms with E-state index in [1.54, 1.807) is 24.5 Å². The van der Waals surface area contributed by atoms with Crippen molar-refractivity contribution in [2.45, 2.75) is 7.43 Å². The Labute approximate surface area is 202 Å². The second-order valence-corrected chi connectivity index (χ2v) is 7.38. The van der Waals surface area contributed by atoms with E-state index >= 15 is 0 Å². The molecule has 174 valence electrons. The van der Waals surface area contributed by atoms with Crippen molar-refractivity contribution in [2.75, 3.05) is 6.61 Å². The van der Waals surface area contributed by atoms with Gasteiger partial charge in [0.05, 0.1) is 5.69 Å². The summed E-state index contributed by atoms with van der Waals surface area (Å²) in [6, 6.07) is 26.2. The minimum atomic E-state index is -1.03. The molecule has 5 aromatic rings. The highest BCUT2D eigenvalue weighted by atomic mass is 16.5. The van der Waals surface area contributed by atoms with Gasteiger partial charge in [0.1, 0.15) is 17.1 Å². The molecule has 0 aliphatic carbocycles. The zero-order valence-corrected chi connectivity index (χ0v) is 18.0. The summed E-state index contributed by atoms with van der Waals surface area (Å²) in [7, 11) is 0. The zero-order chi connectivity index (χ0) is 23.3. The molecule has 2 aromatic carbocycles. The standard InChI is InChI=1S/C27H19N3O4.CH4/c31-24(32)17-33-19-9-7-8-18(16-19)20-10-1-2-11-21(20)27-30-25(22-12-3-5-14-28-22)26(34-27)23-13-4-6-15-29-23;/h1-16H,17H2,(H,31,32);1H4. The molecule has 0 bridgehead atoms. The SMILES string of the molecule is C.O=C(O)COc1cccc(-c2ccccc2-c2nc(-c3ccccn3)c(-c3ccccn3)o2)c1. The van der Waals surface area contributed by atoms with Crippen molar-refractivity contribution in [3.05, 3.63) is 97.3 Å². The predicted molar refractivity (Wildman–Crippen MR) is 134 cm³/mol. The van der Waals surface area contributed by atoms with Gasteiger partial charge >= 0.3 is 5.97 Å². The normalized spacial score (nSPS) is 10.4. The Balaban J connectivity index is 0.00000289. The summed E-state index contributed by atoms with van der Waals surface area (Å²) in [6.45, 7) is -0.411.